The van der Waals surface area contributed by atoms with Crippen LogP contribution in [0.25, 0.3) is 0 Å². The number of carbonyl (C=O) groups excluding carboxylic acids is 1. The molecule has 0 aliphatic rings. The molecule has 0 aliphatic heterocycles. The first-order valence-electron chi connectivity index (χ1n) is 5.63. The molecular formula is C12H16N2O5. The van der Waals surface area contributed by atoms with Gasteiger partial charge in [-0.25, -0.2) is 0 Å². The predicted molar refractivity (Wildman–Crippen MR) is 68.6 cm³/mol. The lowest BCUT2D eigenvalue weighted by Gasteiger charge is -2.10. The van der Waals surface area contributed by atoms with Gasteiger partial charge >= 0.3 is 0 Å². The number of amides is 1. The highest BCUT2D eigenvalue weighted by Crippen LogP contribution is 2.34. The number of benzene rings is 1. The fourth-order valence-electron chi connectivity index (χ4n) is 1.65. The second-order valence-corrected chi connectivity index (χ2v) is 3.83. The van der Waals surface area contributed by atoms with Gasteiger partial charge in [0.25, 0.3) is 5.69 Å². The Morgan fingerprint density at radius 1 is 1.32 bits per heavy atom. The molecule has 0 radical (unpaired) electrons. The fourth-order valence-corrected chi connectivity index (χ4v) is 1.65. The van der Waals surface area contributed by atoms with Crippen LogP contribution < -0.4 is 14.8 Å². The van der Waals surface area contributed by atoms with Gasteiger partial charge in [-0.1, -0.05) is 0 Å². The summed E-state index contributed by atoms with van der Waals surface area (Å²) in [5.74, 6) is 0.548. The third-order valence-electron chi connectivity index (χ3n) is 2.55. The molecule has 104 valence electrons. The lowest BCUT2D eigenvalue weighted by Crippen LogP contribution is -2.22. The van der Waals surface area contributed by atoms with Gasteiger partial charge in [-0.05, 0) is 12.5 Å². The van der Waals surface area contributed by atoms with E-state index < -0.39 is 4.92 Å². The van der Waals surface area contributed by atoms with Crippen LogP contribution in [0.5, 0.6) is 11.5 Å². The van der Waals surface area contributed by atoms with Gasteiger partial charge in [-0.3, -0.25) is 14.9 Å². The zero-order valence-corrected chi connectivity index (χ0v) is 11.1. The molecule has 0 bridgehead atoms. The molecule has 7 nitrogen and oxygen atoms in total. The lowest BCUT2D eigenvalue weighted by molar-refractivity contribution is -0.385. The minimum Gasteiger partial charge on any atom is -0.493 e. The molecule has 0 saturated heterocycles. The van der Waals surface area contributed by atoms with E-state index in [-0.39, 0.29) is 11.6 Å². The number of nitro benzene ring substituents is 1. The SMILES string of the molecule is COc1cc(CCNC(C)=O)c([N+](=O)[O-])cc1OC. The van der Waals surface area contributed by atoms with E-state index in [4.69, 9.17) is 9.47 Å². The van der Waals surface area contributed by atoms with E-state index in [9.17, 15) is 14.9 Å². The van der Waals surface area contributed by atoms with Crippen molar-refractivity contribution in [2.24, 2.45) is 0 Å². The third kappa shape index (κ3) is 3.84. The first-order chi connectivity index (χ1) is 8.99. The van der Waals surface area contributed by atoms with E-state index in [0.717, 1.165) is 0 Å². The Bertz CT molecular complexity index is 487. The van der Waals surface area contributed by atoms with Crippen molar-refractivity contribution >= 4 is 11.6 Å². The van der Waals surface area contributed by atoms with Crippen LogP contribution >= 0.6 is 0 Å². The highest BCUT2D eigenvalue weighted by atomic mass is 16.6. The molecule has 0 spiro atoms. The zero-order chi connectivity index (χ0) is 14.4. The summed E-state index contributed by atoms with van der Waals surface area (Å²) in [5, 5.41) is 13.6. The monoisotopic (exact) mass is 268 g/mol. The molecule has 1 amide bonds. The fraction of sp³-hybridized carbons (Fsp3) is 0.417. The second-order valence-electron chi connectivity index (χ2n) is 3.83. The standard InChI is InChI=1S/C12H16N2O5/c1-8(15)13-5-4-9-6-11(18-2)12(19-3)7-10(9)14(16)17/h6-7H,4-5H2,1-3H3,(H,13,15). The summed E-state index contributed by atoms with van der Waals surface area (Å²) < 4.78 is 10.1. The molecule has 19 heavy (non-hydrogen) atoms. The van der Waals surface area contributed by atoms with Crippen LogP contribution in [0.2, 0.25) is 0 Å². The molecule has 0 fully saturated rings. The number of methoxy groups -OCH3 is 2. The lowest BCUT2D eigenvalue weighted by atomic mass is 10.1. The third-order valence-corrected chi connectivity index (χ3v) is 2.55. The van der Waals surface area contributed by atoms with Crippen molar-refractivity contribution in [1.29, 1.82) is 0 Å². The minimum atomic E-state index is -0.481. The Kier molecular flexibility index (Phi) is 5.11. The Morgan fingerprint density at radius 2 is 1.89 bits per heavy atom. The van der Waals surface area contributed by atoms with E-state index in [0.29, 0.717) is 30.0 Å². The molecule has 1 aromatic carbocycles. The maximum atomic E-state index is 11.0. The molecule has 1 rings (SSSR count). The van der Waals surface area contributed by atoms with Crippen molar-refractivity contribution in [3.8, 4) is 11.5 Å². The highest BCUT2D eigenvalue weighted by Gasteiger charge is 2.19. The van der Waals surface area contributed by atoms with Gasteiger partial charge in [0.05, 0.1) is 25.2 Å². The molecule has 0 aromatic heterocycles. The highest BCUT2D eigenvalue weighted by molar-refractivity contribution is 5.72. The Hall–Kier alpha value is -2.31. The number of nitrogens with zero attached hydrogens (tertiary/aromatic N) is 1. The smallest absolute Gasteiger partial charge is 0.276 e. The molecule has 1 N–H and O–H groups in total. The predicted octanol–water partition coefficient (Wildman–Crippen LogP) is 1.29. The van der Waals surface area contributed by atoms with Gasteiger partial charge in [-0.2, -0.15) is 0 Å². The van der Waals surface area contributed by atoms with Crippen molar-refractivity contribution in [1.82, 2.24) is 5.32 Å². The van der Waals surface area contributed by atoms with Crippen molar-refractivity contribution in [2.75, 3.05) is 20.8 Å². The summed E-state index contributed by atoms with van der Waals surface area (Å²) in [7, 11) is 2.87. The van der Waals surface area contributed by atoms with E-state index in [1.54, 1.807) is 6.07 Å². The molecular weight excluding hydrogens is 252 g/mol. The minimum absolute atomic E-state index is 0.0528. The number of nitrogens with one attached hydrogen (secondary N) is 1. The molecule has 0 saturated carbocycles. The van der Waals surface area contributed by atoms with Crippen molar-refractivity contribution in [2.45, 2.75) is 13.3 Å². The summed E-state index contributed by atoms with van der Waals surface area (Å²) in [6, 6.07) is 2.88. The molecule has 0 heterocycles. The van der Waals surface area contributed by atoms with Crippen LogP contribution in [-0.4, -0.2) is 31.6 Å². The van der Waals surface area contributed by atoms with Crippen LogP contribution in [-0.2, 0) is 11.2 Å². The van der Waals surface area contributed by atoms with E-state index >= 15 is 0 Å². The Balaban J connectivity index is 3.05. The van der Waals surface area contributed by atoms with Crippen LogP contribution in [0.4, 0.5) is 5.69 Å². The van der Waals surface area contributed by atoms with Gasteiger partial charge in [-0.15, -0.1) is 0 Å². The van der Waals surface area contributed by atoms with Crippen LogP contribution in [0.15, 0.2) is 12.1 Å². The number of nitro groups is 1. The topological polar surface area (TPSA) is 90.7 Å². The first-order valence-corrected chi connectivity index (χ1v) is 5.63. The summed E-state index contributed by atoms with van der Waals surface area (Å²) in [6.07, 6.45) is 0.343. The van der Waals surface area contributed by atoms with Gasteiger partial charge in [0.2, 0.25) is 5.91 Å². The van der Waals surface area contributed by atoms with Crippen LogP contribution in [0, 0.1) is 10.1 Å². The maximum Gasteiger partial charge on any atom is 0.276 e. The van der Waals surface area contributed by atoms with Crippen molar-refractivity contribution < 1.29 is 19.2 Å². The van der Waals surface area contributed by atoms with Crippen molar-refractivity contribution in [3.63, 3.8) is 0 Å². The van der Waals surface area contributed by atoms with E-state index in [1.807, 2.05) is 0 Å². The van der Waals surface area contributed by atoms with Crippen LogP contribution in [0.3, 0.4) is 0 Å². The van der Waals surface area contributed by atoms with Crippen LogP contribution in [0.1, 0.15) is 12.5 Å². The second kappa shape index (κ2) is 6.58. The van der Waals surface area contributed by atoms with Gasteiger partial charge in [0.1, 0.15) is 0 Å². The van der Waals surface area contributed by atoms with Gasteiger partial charge in [0, 0.05) is 19.0 Å². The largest absolute Gasteiger partial charge is 0.493 e. The average molecular weight is 268 g/mol. The molecule has 0 atom stereocenters. The van der Waals surface area contributed by atoms with Crippen molar-refractivity contribution in [3.05, 3.63) is 27.8 Å². The molecule has 0 aliphatic carbocycles. The first kappa shape index (κ1) is 14.7. The Morgan fingerprint density at radius 3 is 2.37 bits per heavy atom. The molecule has 7 heteroatoms. The molecule has 0 unspecified atom stereocenters. The molecule has 1 aromatic rings. The summed E-state index contributed by atoms with van der Waals surface area (Å²) in [5.41, 5.74) is 0.430. The quantitative estimate of drug-likeness (QED) is 0.620. The van der Waals surface area contributed by atoms with Gasteiger partial charge in [0.15, 0.2) is 11.5 Å². The van der Waals surface area contributed by atoms with E-state index in [2.05, 4.69) is 5.32 Å². The number of rotatable bonds is 6. The maximum absolute atomic E-state index is 11.0. The number of hydrogen-bond donors (Lipinski definition) is 1. The van der Waals surface area contributed by atoms with E-state index in [1.165, 1.54) is 27.2 Å². The summed E-state index contributed by atoms with van der Waals surface area (Å²) in [4.78, 5) is 21.3. The zero-order valence-electron chi connectivity index (χ0n) is 11.1. The Labute approximate surface area is 110 Å². The normalized spacial score (nSPS) is 9.84. The van der Waals surface area contributed by atoms with Gasteiger partial charge < -0.3 is 14.8 Å². The number of ether oxygens (including phenoxy) is 2. The summed E-state index contributed by atoms with van der Waals surface area (Å²) >= 11 is 0. The summed E-state index contributed by atoms with van der Waals surface area (Å²) in [6.45, 7) is 1.72. The average Bonchev–Trinajstić information content (AvgIpc) is 2.37. The number of hydrogen-bond acceptors (Lipinski definition) is 5. The number of carbonyl (C=O) groups is 1.